The van der Waals surface area contributed by atoms with Crippen LogP contribution in [0.3, 0.4) is 0 Å². The second-order valence-electron chi connectivity index (χ2n) is 5.98. The molecule has 0 saturated heterocycles. The fraction of sp³-hybridized carbons (Fsp3) is 0.474. The molecule has 27 heavy (non-hydrogen) atoms. The zero-order valence-electron chi connectivity index (χ0n) is 16.6. The van der Waals surface area contributed by atoms with Gasteiger partial charge in [0.15, 0.2) is 17.5 Å². The average Bonchev–Trinajstić information content (AvgIpc) is 3.06. The number of nitrogens with zero attached hydrogens (tertiary/aromatic N) is 3. The van der Waals surface area contributed by atoms with Crippen LogP contribution in [0, 0.1) is 6.92 Å². The molecule has 1 aromatic heterocycles. The Balaban J connectivity index is 0.00000364. The Morgan fingerprint density at radius 2 is 2.00 bits per heavy atom. The lowest BCUT2D eigenvalue weighted by Gasteiger charge is -2.21. The van der Waals surface area contributed by atoms with Crippen LogP contribution < -0.4 is 14.8 Å². The summed E-state index contributed by atoms with van der Waals surface area (Å²) in [5, 5.41) is 6.60. The molecule has 1 N–H and O–H groups in total. The van der Waals surface area contributed by atoms with Gasteiger partial charge in [-0.1, -0.05) is 6.07 Å². The summed E-state index contributed by atoms with van der Waals surface area (Å²) in [6.07, 6.45) is 1.96. The second kappa shape index (κ2) is 12.0. The molecular formula is C19H29IN4O2S. The number of methoxy groups -OCH3 is 2. The SMILES string of the molecule is CN=C(NCCCc1ccc(OC)c(OC)c1)N(C)Cc1csc(C)n1.I. The Hall–Kier alpha value is -1.55. The zero-order chi connectivity index (χ0) is 18.9. The molecule has 0 aliphatic carbocycles. The number of rotatable bonds is 8. The maximum atomic E-state index is 5.36. The molecule has 2 aromatic rings. The Morgan fingerprint density at radius 3 is 2.59 bits per heavy atom. The molecule has 2 rings (SSSR count). The lowest BCUT2D eigenvalue weighted by atomic mass is 10.1. The van der Waals surface area contributed by atoms with Crippen molar-refractivity contribution in [3.63, 3.8) is 0 Å². The van der Waals surface area contributed by atoms with E-state index < -0.39 is 0 Å². The summed E-state index contributed by atoms with van der Waals surface area (Å²) in [7, 11) is 7.14. The zero-order valence-corrected chi connectivity index (χ0v) is 19.8. The monoisotopic (exact) mass is 504 g/mol. The van der Waals surface area contributed by atoms with E-state index in [-0.39, 0.29) is 24.0 Å². The van der Waals surface area contributed by atoms with Crippen LogP contribution in [0.15, 0.2) is 28.6 Å². The lowest BCUT2D eigenvalue weighted by molar-refractivity contribution is 0.354. The van der Waals surface area contributed by atoms with E-state index in [4.69, 9.17) is 9.47 Å². The Kier molecular flexibility index (Phi) is 10.5. The van der Waals surface area contributed by atoms with Gasteiger partial charge in [0.2, 0.25) is 0 Å². The van der Waals surface area contributed by atoms with Crippen LogP contribution in [0.25, 0.3) is 0 Å². The van der Waals surface area contributed by atoms with E-state index in [1.54, 1.807) is 32.6 Å². The molecule has 0 fully saturated rings. The minimum atomic E-state index is 0. The number of thiazole rings is 1. The molecule has 0 aliphatic rings. The molecule has 0 amide bonds. The molecular weight excluding hydrogens is 475 g/mol. The maximum Gasteiger partial charge on any atom is 0.193 e. The van der Waals surface area contributed by atoms with Crippen LogP contribution in [0.4, 0.5) is 0 Å². The van der Waals surface area contributed by atoms with Crippen molar-refractivity contribution < 1.29 is 9.47 Å². The minimum absolute atomic E-state index is 0. The van der Waals surface area contributed by atoms with Crippen molar-refractivity contribution in [2.24, 2.45) is 4.99 Å². The number of aromatic nitrogens is 1. The van der Waals surface area contributed by atoms with Gasteiger partial charge in [0, 0.05) is 26.0 Å². The number of ether oxygens (including phenoxy) is 2. The molecule has 0 unspecified atom stereocenters. The number of guanidine groups is 1. The summed E-state index contributed by atoms with van der Waals surface area (Å²) in [6, 6.07) is 6.06. The van der Waals surface area contributed by atoms with Crippen LogP contribution in [-0.2, 0) is 13.0 Å². The highest BCUT2D eigenvalue weighted by Crippen LogP contribution is 2.27. The van der Waals surface area contributed by atoms with Crippen molar-refractivity contribution >= 4 is 41.3 Å². The molecule has 1 heterocycles. The van der Waals surface area contributed by atoms with E-state index in [2.05, 4.69) is 31.6 Å². The van der Waals surface area contributed by atoms with Crippen molar-refractivity contribution in [1.82, 2.24) is 15.2 Å². The van der Waals surface area contributed by atoms with E-state index in [9.17, 15) is 0 Å². The highest BCUT2D eigenvalue weighted by Gasteiger charge is 2.09. The van der Waals surface area contributed by atoms with Gasteiger partial charge in [-0.2, -0.15) is 0 Å². The molecule has 1 aromatic carbocycles. The maximum absolute atomic E-state index is 5.36. The van der Waals surface area contributed by atoms with Gasteiger partial charge in [-0.05, 0) is 37.5 Å². The largest absolute Gasteiger partial charge is 0.493 e. The molecule has 0 bridgehead atoms. The Bertz CT molecular complexity index is 736. The van der Waals surface area contributed by atoms with Crippen molar-refractivity contribution in [3.8, 4) is 11.5 Å². The predicted octanol–water partition coefficient (Wildman–Crippen LogP) is 3.73. The van der Waals surface area contributed by atoms with Gasteiger partial charge in [-0.25, -0.2) is 4.98 Å². The van der Waals surface area contributed by atoms with Crippen LogP contribution in [0.1, 0.15) is 22.7 Å². The first-order valence-electron chi connectivity index (χ1n) is 8.61. The summed E-state index contributed by atoms with van der Waals surface area (Å²) in [5.41, 5.74) is 2.30. The standard InChI is InChI=1S/C19H28N4O2S.HI/c1-14-22-16(13-26-14)12-23(3)19(20-2)21-10-6-7-15-8-9-17(24-4)18(11-15)25-5;/h8-9,11,13H,6-7,10,12H2,1-5H3,(H,20,21);1H. The summed E-state index contributed by atoms with van der Waals surface area (Å²) in [6.45, 7) is 3.62. The quantitative estimate of drug-likeness (QED) is 0.257. The molecule has 0 radical (unpaired) electrons. The van der Waals surface area contributed by atoms with Crippen molar-refractivity contribution in [2.45, 2.75) is 26.3 Å². The molecule has 0 spiro atoms. The normalized spacial score (nSPS) is 10.9. The first kappa shape index (κ1) is 23.5. The minimum Gasteiger partial charge on any atom is -0.493 e. The van der Waals surface area contributed by atoms with Gasteiger partial charge < -0.3 is 19.7 Å². The number of hydrogen-bond acceptors (Lipinski definition) is 5. The van der Waals surface area contributed by atoms with Crippen LogP contribution >= 0.6 is 35.3 Å². The highest BCUT2D eigenvalue weighted by molar-refractivity contribution is 14.0. The molecule has 0 aliphatic heterocycles. The fourth-order valence-corrected chi connectivity index (χ4v) is 3.32. The van der Waals surface area contributed by atoms with Gasteiger partial charge in [0.25, 0.3) is 0 Å². The van der Waals surface area contributed by atoms with Gasteiger partial charge in [-0.3, -0.25) is 4.99 Å². The van der Waals surface area contributed by atoms with Gasteiger partial charge in [0.1, 0.15) is 0 Å². The van der Waals surface area contributed by atoms with Gasteiger partial charge in [-0.15, -0.1) is 35.3 Å². The topological polar surface area (TPSA) is 59.0 Å². The third-order valence-corrected chi connectivity index (χ3v) is 4.83. The smallest absolute Gasteiger partial charge is 0.193 e. The van der Waals surface area contributed by atoms with Crippen molar-refractivity contribution in [2.75, 3.05) is 34.9 Å². The molecule has 0 atom stereocenters. The predicted molar refractivity (Wildman–Crippen MR) is 123 cm³/mol. The number of aryl methyl sites for hydroxylation is 2. The summed E-state index contributed by atoms with van der Waals surface area (Å²) in [5.74, 6) is 2.41. The Labute approximate surface area is 183 Å². The van der Waals surface area contributed by atoms with E-state index in [0.29, 0.717) is 0 Å². The molecule has 150 valence electrons. The average molecular weight is 504 g/mol. The van der Waals surface area contributed by atoms with Gasteiger partial charge >= 0.3 is 0 Å². The third-order valence-electron chi connectivity index (χ3n) is 4.01. The van der Waals surface area contributed by atoms with Crippen molar-refractivity contribution in [3.05, 3.63) is 39.8 Å². The number of aliphatic imine (C=N–C) groups is 1. The first-order valence-corrected chi connectivity index (χ1v) is 9.49. The number of benzene rings is 1. The van der Waals surface area contributed by atoms with Crippen LogP contribution in [-0.4, -0.2) is 50.7 Å². The van der Waals surface area contributed by atoms with E-state index in [0.717, 1.165) is 54.1 Å². The van der Waals surface area contributed by atoms with E-state index in [1.807, 2.05) is 26.1 Å². The highest BCUT2D eigenvalue weighted by atomic mass is 127. The summed E-state index contributed by atoms with van der Waals surface area (Å²) in [4.78, 5) is 11.0. The molecule has 0 saturated carbocycles. The first-order chi connectivity index (χ1) is 12.6. The summed E-state index contributed by atoms with van der Waals surface area (Å²) < 4.78 is 10.6. The lowest BCUT2D eigenvalue weighted by Crippen LogP contribution is -2.39. The number of hydrogen-bond donors (Lipinski definition) is 1. The molecule has 8 heteroatoms. The second-order valence-corrected chi connectivity index (χ2v) is 7.04. The third kappa shape index (κ3) is 7.17. The van der Waals surface area contributed by atoms with Crippen LogP contribution in [0.5, 0.6) is 11.5 Å². The number of nitrogens with one attached hydrogen (secondary N) is 1. The van der Waals surface area contributed by atoms with E-state index in [1.165, 1.54) is 5.56 Å². The van der Waals surface area contributed by atoms with Crippen LogP contribution in [0.2, 0.25) is 0 Å². The fourth-order valence-electron chi connectivity index (χ4n) is 2.71. The molecule has 6 nitrogen and oxygen atoms in total. The number of halogens is 1. The van der Waals surface area contributed by atoms with E-state index >= 15 is 0 Å². The Morgan fingerprint density at radius 1 is 1.26 bits per heavy atom. The summed E-state index contributed by atoms with van der Waals surface area (Å²) >= 11 is 1.67. The van der Waals surface area contributed by atoms with Crippen molar-refractivity contribution in [1.29, 1.82) is 0 Å². The van der Waals surface area contributed by atoms with Gasteiger partial charge in [0.05, 0.1) is 31.5 Å².